The van der Waals surface area contributed by atoms with Gasteiger partial charge in [-0.25, -0.2) is 4.68 Å². The Morgan fingerprint density at radius 1 is 1.71 bits per heavy atom. The fourth-order valence-corrected chi connectivity index (χ4v) is 1.03. The summed E-state index contributed by atoms with van der Waals surface area (Å²) < 4.78 is 1.51. The predicted octanol–water partition coefficient (Wildman–Crippen LogP) is 0.158. The number of carboxylic acids is 1. The van der Waals surface area contributed by atoms with Crippen LogP contribution < -0.4 is 11.5 Å². The van der Waals surface area contributed by atoms with Crippen molar-refractivity contribution in [2.45, 2.75) is 19.9 Å². The minimum absolute atomic E-state index is 0.391. The molecule has 0 aliphatic heterocycles. The maximum Gasteiger partial charge on any atom is 0.306 e. The molecular formula is C8H14N4O2. The number of nitrogen functional groups attached to an aromatic ring is 2. The molecule has 0 saturated heterocycles. The van der Waals surface area contributed by atoms with Gasteiger partial charge in [-0.3, -0.25) is 4.79 Å². The van der Waals surface area contributed by atoms with Crippen LogP contribution in [0.1, 0.15) is 13.3 Å². The number of carboxylic acid groups (broad SMARTS) is 1. The second-order valence-electron chi connectivity index (χ2n) is 3.24. The highest BCUT2D eigenvalue weighted by atomic mass is 16.4. The molecule has 1 rings (SSSR count). The van der Waals surface area contributed by atoms with Gasteiger partial charge in [-0.05, 0) is 6.42 Å². The summed E-state index contributed by atoms with van der Waals surface area (Å²) in [6, 6.07) is 0. The van der Waals surface area contributed by atoms with Crippen molar-refractivity contribution in [2.24, 2.45) is 5.92 Å². The molecule has 1 unspecified atom stereocenters. The summed E-state index contributed by atoms with van der Waals surface area (Å²) in [5.41, 5.74) is 11.5. The van der Waals surface area contributed by atoms with Crippen LogP contribution in [0.5, 0.6) is 0 Å². The molecule has 0 bridgehead atoms. The van der Waals surface area contributed by atoms with Crippen molar-refractivity contribution < 1.29 is 9.90 Å². The van der Waals surface area contributed by atoms with Gasteiger partial charge in [0.1, 0.15) is 5.82 Å². The van der Waals surface area contributed by atoms with Crippen LogP contribution in [0.15, 0.2) is 6.20 Å². The van der Waals surface area contributed by atoms with Gasteiger partial charge in [0.2, 0.25) is 0 Å². The van der Waals surface area contributed by atoms with E-state index in [1.807, 2.05) is 0 Å². The summed E-state index contributed by atoms with van der Waals surface area (Å²) in [7, 11) is 0. The average molecular weight is 198 g/mol. The Morgan fingerprint density at radius 2 is 2.36 bits per heavy atom. The Kier molecular flexibility index (Phi) is 2.95. The number of rotatable bonds is 4. The second-order valence-corrected chi connectivity index (χ2v) is 3.24. The van der Waals surface area contributed by atoms with Crippen molar-refractivity contribution in [1.29, 1.82) is 0 Å². The van der Waals surface area contributed by atoms with E-state index in [1.54, 1.807) is 6.92 Å². The molecular weight excluding hydrogens is 184 g/mol. The first-order valence-electron chi connectivity index (χ1n) is 4.32. The zero-order chi connectivity index (χ0) is 10.7. The molecule has 6 heteroatoms. The smallest absolute Gasteiger partial charge is 0.306 e. The number of aliphatic carboxylic acids is 1. The number of aryl methyl sites for hydroxylation is 1. The molecule has 14 heavy (non-hydrogen) atoms. The van der Waals surface area contributed by atoms with E-state index in [0.29, 0.717) is 24.5 Å². The number of hydrogen-bond donors (Lipinski definition) is 3. The minimum atomic E-state index is -0.816. The third kappa shape index (κ3) is 2.15. The Balaban J connectivity index is 2.54. The first-order chi connectivity index (χ1) is 6.52. The summed E-state index contributed by atoms with van der Waals surface area (Å²) in [5, 5.41) is 12.6. The summed E-state index contributed by atoms with van der Waals surface area (Å²) in [6.45, 7) is 2.11. The highest BCUT2D eigenvalue weighted by Crippen LogP contribution is 2.14. The van der Waals surface area contributed by atoms with E-state index in [1.165, 1.54) is 10.9 Å². The van der Waals surface area contributed by atoms with Crippen LogP contribution in [0.2, 0.25) is 0 Å². The van der Waals surface area contributed by atoms with Crippen LogP contribution in [0.25, 0.3) is 0 Å². The molecule has 0 saturated carbocycles. The highest BCUT2D eigenvalue weighted by Gasteiger charge is 2.12. The third-order valence-corrected chi connectivity index (χ3v) is 2.11. The zero-order valence-corrected chi connectivity index (χ0v) is 7.97. The Morgan fingerprint density at radius 3 is 2.79 bits per heavy atom. The molecule has 0 aliphatic rings. The van der Waals surface area contributed by atoms with Gasteiger partial charge >= 0.3 is 5.97 Å². The number of nitrogens with zero attached hydrogens (tertiary/aromatic N) is 2. The topological polar surface area (TPSA) is 107 Å². The van der Waals surface area contributed by atoms with E-state index in [-0.39, 0.29) is 0 Å². The molecule has 0 amide bonds. The molecule has 1 heterocycles. The monoisotopic (exact) mass is 198 g/mol. The zero-order valence-electron chi connectivity index (χ0n) is 7.97. The molecule has 1 aromatic heterocycles. The first-order valence-corrected chi connectivity index (χ1v) is 4.32. The molecule has 0 aromatic carbocycles. The van der Waals surface area contributed by atoms with E-state index in [0.717, 1.165) is 0 Å². The molecule has 1 aromatic rings. The second kappa shape index (κ2) is 3.99. The first kappa shape index (κ1) is 10.4. The predicted molar refractivity (Wildman–Crippen MR) is 52.5 cm³/mol. The van der Waals surface area contributed by atoms with Crippen LogP contribution in [-0.4, -0.2) is 20.9 Å². The van der Waals surface area contributed by atoms with Gasteiger partial charge in [0.25, 0.3) is 0 Å². The van der Waals surface area contributed by atoms with Crippen LogP contribution in [-0.2, 0) is 11.3 Å². The Labute approximate surface area is 81.5 Å². The van der Waals surface area contributed by atoms with Gasteiger partial charge in [0.05, 0.1) is 17.8 Å². The van der Waals surface area contributed by atoms with Gasteiger partial charge in [0.15, 0.2) is 0 Å². The van der Waals surface area contributed by atoms with E-state index in [4.69, 9.17) is 16.6 Å². The van der Waals surface area contributed by atoms with Crippen molar-refractivity contribution in [3.05, 3.63) is 6.20 Å². The van der Waals surface area contributed by atoms with Crippen molar-refractivity contribution in [3.63, 3.8) is 0 Å². The average Bonchev–Trinajstić information content (AvgIpc) is 2.44. The molecule has 0 radical (unpaired) electrons. The summed E-state index contributed by atoms with van der Waals surface area (Å²) in [5.74, 6) is -0.828. The van der Waals surface area contributed by atoms with Crippen LogP contribution in [0.4, 0.5) is 11.5 Å². The van der Waals surface area contributed by atoms with Crippen molar-refractivity contribution >= 4 is 17.5 Å². The summed E-state index contributed by atoms with van der Waals surface area (Å²) in [4.78, 5) is 10.5. The molecule has 6 nitrogen and oxygen atoms in total. The number of carbonyl (C=O) groups is 1. The molecule has 0 aliphatic carbocycles. The van der Waals surface area contributed by atoms with Crippen LogP contribution in [0, 0.1) is 5.92 Å². The lowest BCUT2D eigenvalue weighted by atomic mass is 10.1. The molecule has 5 N–H and O–H groups in total. The van der Waals surface area contributed by atoms with E-state index in [9.17, 15) is 4.79 Å². The molecule has 78 valence electrons. The lowest BCUT2D eigenvalue weighted by Crippen LogP contribution is -2.14. The lowest BCUT2D eigenvalue weighted by molar-refractivity contribution is -0.141. The van der Waals surface area contributed by atoms with Crippen LogP contribution >= 0.6 is 0 Å². The third-order valence-electron chi connectivity index (χ3n) is 2.11. The summed E-state index contributed by atoms with van der Waals surface area (Å²) >= 11 is 0. The SMILES string of the molecule is CC(CCn1ncc(N)c1N)C(=O)O. The van der Waals surface area contributed by atoms with Crippen molar-refractivity contribution in [3.8, 4) is 0 Å². The number of hydrogen-bond acceptors (Lipinski definition) is 4. The Bertz CT molecular complexity index is 334. The highest BCUT2D eigenvalue weighted by molar-refractivity contribution is 5.69. The van der Waals surface area contributed by atoms with Crippen LogP contribution in [0.3, 0.4) is 0 Å². The standard InChI is InChI=1S/C8H14N4O2/c1-5(8(13)14)2-3-12-7(10)6(9)4-11-12/h4-5H,2-3,9-10H2,1H3,(H,13,14). The normalized spacial score (nSPS) is 12.6. The van der Waals surface area contributed by atoms with Gasteiger partial charge in [-0.2, -0.15) is 5.10 Å². The van der Waals surface area contributed by atoms with Gasteiger partial charge in [-0.15, -0.1) is 0 Å². The lowest BCUT2D eigenvalue weighted by Gasteiger charge is -2.07. The number of nitrogens with two attached hydrogens (primary N) is 2. The largest absolute Gasteiger partial charge is 0.481 e. The number of aromatic nitrogens is 2. The fraction of sp³-hybridized carbons (Fsp3) is 0.500. The van der Waals surface area contributed by atoms with Crippen molar-refractivity contribution in [1.82, 2.24) is 9.78 Å². The van der Waals surface area contributed by atoms with Gasteiger partial charge in [0, 0.05) is 6.54 Å². The molecule has 1 atom stereocenters. The number of anilines is 2. The van der Waals surface area contributed by atoms with E-state index in [2.05, 4.69) is 5.10 Å². The van der Waals surface area contributed by atoms with E-state index < -0.39 is 11.9 Å². The Hall–Kier alpha value is -1.72. The van der Waals surface area contributed by atoms with Gasteiger partial charge in [-0.1, -0.05) is 6.92 Å². The van der Waals surface area contributed by atoms with E-state index >= 15 is 0 Å². The quantitative estimate of drug-likeness (QED) is 0.638. The maximum atomic E-state index is 10.5. The minimum Gasteiger partial charge on any atom is -0.481 e. The maximum absolute atomic E-state index is 10.5. The summed E-state index contributed by atoms with van der Waals surface area (Å²) in [6.07, 6.45) is 1.95. The van der Waals surface area contributed by atoms with Crippen molar-refractivity contribution in [2.75, 3.05) is 11.5 Å². The van der Waals surface area contributed by atoms with Gasteiger partial charge < -0.3 is 16.6 Å². The fourth-order valence-electron chi connectivity index (χ4n) is 1.03. The molecule has 0 fully saturated rings. The molecule has 0 spiro atoms.